The van der Waals surface area contributed by atoms with Gasteiger partial charge in [-0.1, -0.05) is 0 Å². The predicted octanol–water partition coefficient (Wildman–Crippen LogP) is 0.947. The Morgan fingerprint density at radius 1 is 0.806 bits per heavy atom. The van der Waals surface area contributed by atoms with Crippen LogP contribution >= 0.6 is 0 Å². The Bertz CT molecular complexity index is 1320. The van der Waals surface area contributed by atoms with Crippen molar-refractivity contribution in [2.75, 3.05) is 0 Å². The van der Waals surface area contributed by atoms with Gasteiger partial charge in [-0.3, -0.25) is 0 Å². The number of halogens is 2. The van der Waals surface area contributed by atoms with E-state index in [0.717, 1.165) is 0 Å². The van der Waals surface area contributed by atoms with Crippen molar-refractivity contribution in [3.8, 4) is 5.69 Å². The van der Waals surface area contributed by atoms with Crippen molar-refractivity contribution < 1.29 is 48.0 Å². The van der Waals surface area contributed by atoms with Crippen molar-refractivity contribution in [2.24, 2.45) is 0 Å². The van der Waals surface area contributed by atoms with E-state index in [2.05, 4.69) is 109 Å². The summed E-state index contributed by atoms with van der Waals surface area (Å²) in [6.45, 7) is 2.34. The van der Waals surface area contributed by atoms with Crippen molar-refractivity contribution in [3.63, 3.8) is 0 Å². The van der Waals surface area contributed by atoms with E-state index in [9.17, 15) is 0 Å². The summed E-state index contributed by atoms with van der Waals surface area (Å²) < 4.78 is 3.68. The Kier molecular flexibility index (Phi) is 6.45. The van der Waals surface area contributed by atoms with E-state index < -0.39 is 23.2 Å². The van der Waals surface area contributed by atoms with Crippen molar-refractivity contribution in [1.29, 1.82) is 0 Å². The summed E-state index contributed by atoms with van der Waals surface area (Å²) >= 11 is -0.731. The molecular weight excluding hydrogens is 500 g/mol. The molecule has 2 aliphatic carbocycles. The second kappa shape index (κ2) is 8.95. The van der Waals surface area contributed by atoms with Crippen LogP contribution in [0.2, 0.25) is 0 Å². The zero-order valence-electron chi connectivity index (χ0n) is 17.1. The van der Waals surface area contributed by atoms with Gasteiger partial charge in [0.05, 0.1) is 0 Å². The summed E-state index contributed by atoms with van der Waals surface area (Å²) in [5, 5.41) is 1.30. The summed E-state index contributed by atoms with van der Waals surface area (Å²) in [4.78, 5) is 0. The molecule has 2 unspecified atom stereocenters. The Morgan fingerprint density at radius 2 is 1.58 bits per heavy atom. The van der Waals surface area contributed by atoms with Crippen LogP contribution in [0.5, 0.6) is 0 Å². The molecule has 6 rings (SSSR count). The number of benzene rings is 3. The van der Waals surface area contributed by atoms with Gasteiger partial charge in [-0.2, -0.15) is 0 Å². The second-order valence-corrected chi connectivity index (χ2v) is 11.7. The maximum Gasteiger partial charge on any atom is -1.00 e. The van der Waals surface area contributed by atoms with E-state index in [1.807, 2.05) is 0 Å². The fourth-order valence-corrected chi connectivity index (χ4v) is 9.23. The fourth-order valence-electron chi connectivity index (χ4n) is 4.83. The fraction of sp³-hybridized carbons (Fsp3) is 0.111. The molecule has 0 radical (unpaired) electrons. The largest absolute Gasteiger partial charge is 1.00 e. The van der Waals surface area contributed by atoms with Gasteiger partial charge in [-0.15, -0.1) is 0 Å². The van der Waals surface area contributed by atoms with E-state index in [-0.39, 0.29) is 24.8 Å². The second-order valence-electron chi connectivity index (χ2n) is 7.98. The minimum Gasteiger partial charge on any atom is -1.00 e. The monoisotopic (exact) mass is 519 g/mol. The Morgan fingerprint density at radius 3 is 2.48 bits per heavy atom. The molecule has 4 aromatic rings. The molecule has 31 heavy (non-hydrogen) atoms. The molecule has 4 heteroatoms. The van der Waals surface area contributed by atoms with Gasteiger partial charge in [-0.25, -0.2) is 0 Å². The van der Waals surface area contributed by atoms with E-state index in [0.29, 0.717) is 7.25 Å². The quantitative estimate of drug-likeness (QED) is 0.379. The average molecular weight is 522 g/mol. The molecule has 0 amide bonds. The number of allylic oxidation sites excluding steroid dienone is 2. The number of nitrogens with zero attached hydrogens (tertiary/aromatic N) is 1. The van der Waals surface area contributed by atoms with Crippen molar-refractivity contribution in [3.05, 3.63) is 113 Å². The van der Waals surface area contributed by atoms with Crippen LogP contribution in [0.3, 0.4) is 0 Å². The first-order valence-corrected chi connectivity index (χ1v) is 13.0. The molecule has 2 atom stereocenters. The number of rotatable bonds is 3. The third-order valence-electron chi connectivity index (χ3n) is 6.26. The molecule has 0 saturated carbocycles. The topological polar surface area (TPSA) is 4.93 Å². The number of fused-ring (bicyclic) bond motifs is 3. The Hall–Kier alpha value is -1.86. The summed E-state index contributed by atoms with van der Waals surface area (Å²) in [6, 6.07) is 26.7. The molecule has 0 bridgehead atoms. The Labute approximate surface area is 207 Å². The zero-order chi connectivity index (χ0) is 19.4. The number of aromatic nitrogens is 1. The van der Waals surface area contributed by atoms with Gasteiger partial charge in [0.2, 0.25) is 0 Å². The summed E-state index contributed by atoms with van der Waals surface area (Å²) in [6.07, 6.45) is 9.46. The third kappa shape index (κ3) is 3.70. The van der Waals surface area contributed by atoms with Gasteiger partial charge >= 0.3 is 184 Å². The molecule has 0 spiro atoms. The zero-order valence-corrected chi connectivity index (χ0v) is 21.1. The van der Waals surface area contributed by atoms with Crippen LogP contribution in [0.15, 0.2) is 90.6 Å². The molecule has 2 aliphatic rings. The smallest absolute Gasteiger partial charge is 1.00 e. The van der Waals surface area contributed by atoms with Crippen LogP contribution in [0.25, 0.3) is 28.7 Å². The van der Waals surface area contributed by atoms with E-state index in [1.54, 1.807) is 16.7 Å². The first kappa shape index (κ1) is 22.3. The number of hydrogen-bond acceptors (Lipinski definition) is 0. The van der Waals surface area contributed by atoms with Crippen LogP contribution in [0, 0.1) is 0 Å². The van der Waals surface area contributed by atoms with Gasteiger partial charge in [0.25, 0.3) is 0 Å². The molecular formula is C27H21Cl2NZr. The third-order valence-corrected chi connectivity index (χ3v) is 11.1. The van der Waals surface area contributed by atoms with E-state index in [1.165, 1.54) is 27.7 Å². The maximum atomic E-state index is 2.46. The molecule has 152 valence electrons. The SMILES string of the molecule is CC1=Cc2c(cccc2-n2ccc3ccccc32)[CH]1[Zr+2][CH]1C=Cc2ccccc21.[Cl-].[Cl-]. The molecule has 0 saturated heterocycles. The maximum absolute atomic E-state index is 2.46. The van der Waals surface area contributed by atoms with Crippen molar-refractivity contribution in [1.82, 2.24) is 4.57 Å². The van der Waals surface area contributed by atoms with Gasteiger partial charge in [0.1, 0.15) is 0 Å². The van der Waals surface area contributed by atoms with Crippen LogP contribution < -0.4 is 24.8 Å². The minimum atomic E-state index is -0.731. The van der Waals surface area contributed by atoms with Gasteiger partial charge < -0.3 is 24.8 Å². The first-order valence-electron chi connectivity index (χ1n) is 10.2. The summed E-state index contributed by atoms with van der Waals surface area (Å²) in [7, 11) is 0. The average Bonchev–Trinajstić information content (AvgIpc) is 3.44. The normalized spacial score (nSPS) is 17.9. The molecule has 0 aliphatic heterocycles. The summed E-state index contributed by atoms with van der Waals surface area (Å²) in [5.41, 5.74) is 10.1. The molecule has 3 aromatic carbocycles. The number of hydrogen-bond donors (Lipinski definition) is 0. The van der Waals surface area contributed by atoms with Gasteiger partial charge in [0, 0.05) is 0 Å². The van der Waals surface area contributed by atoms with Crippen LogP contribution in [0.1, 0.15) is 36.4 Å². The van der Waals surface area contributed by atoms with Crippen LogP contribution in [-0.2, 0) is 23.2 Å². The molecule has 1 heterocycles. The van der Waals surface area contributed by atoms with Crippen molar-refractivity contribution in [2.45, 2.75) is 14.2 Å². The standard InChI is InChI=1S/C18H14N.C9H7.2ClH.Zr/c1-13-11-15-6-4-8-18(16(15)12-13)19-10-9-14-5-2-3-7-17(14)19;1-2-5-9-7-3-6-8(9)4-1;;;/h2-12H,1H3;1-7H;2*1H;/q;;;;+2/p-2. The molecule has 0 fully saturated rings. The molecule has 0 N–H and O–H groups in total. The number of para-hydroxylation sites is 1. The molecule has 1 aromatic heterocycles. The van der Waals surface area contributed by atoms with Gasteiger partial charge in [-0.05, 0) is 0 Å². The minimum absolute atomic E-state index is 0. The van der Waals surface area contributed by atoms with Gasteiger partial charge in [0.15, 0.2) is 0 Å². The van der Waals surface area contributed by atoms with E-state index in [4.69, 9.17) is 0 Å². The Balaban J connectivity index is 0.00000116. The van der Waals surface area contributed by atoms with Crippen LogP contribution in [0.4, 0.5) is 0 Å². The molecule has 1 nitrogen and oxygen atoms in total. The van der Waals surface area contributed by atoms with Crippen molar-refractivity contribution >= 4 is 23.1 Å². The van der Waals surface area contributed by atoms with Crippen LogP contribution in [-0.4, -0.2) is 4.57 Å². The van der Waals surface area contributed by atoms with E-state index >= 15 is 0 Å². The summed E-state index contributed by atoms with van der Waals surface area (Å²) in [5.74, 6) is 0. The first-order chi connectivity index (χ1) is 14.3. The predicted molar refractivity (Wildman–Crippen MR) is 118 cm³/mol.